The fourth-order valence-electron chi connectivity index (χ4n) is 2.76. The number of aromatic nitrogens is 1. The Morgan fingerprint density at radius 2 is 1.76 bits per heavy atom. The summed E-state index contributed by atoms with van der Waals surface area (Å²) in [6.07, 6.45) is 4.89. The summed E-state index contributed by atoms with van der Waals surface area (Å²) in [7, 11) is 0. The van der Waals surface area contributed by atoms with E-state index in [1.807, 2.05) is 18.2 Å². The molecule has 1 heterocycles. The lowest BCUT2D eigenvalue weighted by atomic mass is 9.91. The molecular formula is C18H25NOS. The third-order valence-electron chi connectivity index (χ3n) is 3.87. The molecule has 0 bridgehead atoms. The Balaban J connectivity index is 2.01. The minimum absolute atomic E-state index is 0.264. The topological polar surface area (TPSA) is 33.1 Å². The molecule has 0 aliphatic rings. The maximum Gasteiger partial charge on any atom is 0.0958 e. The van der Waals surface area contributed by atoms with Gasteiger partial charge in [-0.25, -0.2) is 4.98 Å². The van der Waals surface area contributed by atoms with Gasteiger partial charge in [-0.3, -0.25) is 0 Å². The molecule has 1 atom stereocenters. The van der Waals surface area contributed by atoms with Gasteiger partial charge >= 0.3 is 0 Å². The molecule has 0 aliphatic carbocycles. The number of hydrogen-bond donors (Lipinski definition) is 1. The molecule has 1 N–H and O–H groups in total. The molecular weight excluding hydrogens is 278 g/mol. The molecule has 0 radical (unpaired) electrons. The molecule has 0 saturated carbocycles. The van der Waals surface area contributed by atoms with Gasteiger partial charge in [0, 0.05) is 17.4 Å². The first-order valence-corrected chi connectivity index (χ1v) is 8.80. The Labute approximate surface area is 131 Å². The van der Waals surface area contributed by atoms with Crippen LogP contribution in [0.3, 0.4) is 0 Å². The minimum Gasteiger partial charge on any atom is -0.392 e. The number of hydrogen-bond acceptors (Lipinski definition) is 3. The van der Waals surface area contributed by atoms with Gasteiger partial charge in [-0.1, -0.05) is 57.0 Å². The van der Waals surface area contributed by atoms with Crippen LogP contribution in [0.2, 0.25) is 0 Å². The van der Waals surface area contributed by atoms with Crippen LogP contribution < -0.4 is 0 Å². The van der Waals surface area contributed by atoms with Crippen molar-refractivity contribution in [3.05, 3.63) is 40.7 Å². The van der Waals surface area contributed by atoms with E-state index in [2.05, 4.69) is 36.3 Å². The summed E-state index contributed by atoms with van der Waals surface area (Å²) in [5, 5.41) is 13.6. The highest BCUT2D eigenvalue weighted by atomic mass is 32.1. The van der Waals surface area contributed by atoms with Gasteiger partial charge in [-0.2, -0.15) is 0 Å². The van der Waals surface area contributed by atoms with Crippen LogP contribution in [0.4, 0.5) is 0 Å². The molecule has 21 heavy (non-hydrogen) atoms. The highest BCUT2D eigenvalue weighted by Crippen LogP contribution is 2.25. The normalized spacial score (nSPS) is 12.8. The third kappa shape index (κ3) is 4.65. The molecule has 1 aromatic carbocycles. The zero-order chi connectivity index (χ0) is 15.1. The van der Waals surface area contributed by atoms with Crippen molar-refractivity contribution >= 4 is 11.3 Å². The van der Waals surface area contributed by atoms with E-state index in [1.165, 1.54) is 0 Å². The van der Waals surface area contributed by atoms with Crippen molar-refractivity contribution in [1.82, 2.24) is 4.98 Å². The van der Waals surface area contributed by atoms with E-state index in [-0.39, 0.29) is 6.10 Å². The Morgan fingerprint density at radius 3 is 2.38 bits per heavy atom. The van der Waals surface area contributed by atoms with Gasteiger partial charge in [0.1, 0.15) is 0 Å². The molecule has 1 unspecified atom stereocenters. The maximum absolute atomic E-state index is 10.5. The fraction of sp³-hybridized carbons (Fsp3) is 0.500. The lowest BCUT2D eigenvalue weighted by molar-refractivity contribution is 0.0963. The second kappa shape index (κ2) is 8.30. The van der Waals surface area contributed by atoms with Gasteiger partial charge < -0.3 is 5.11 Å². The summed E-state index contributed by atoms with van der Waals surface area (Å²) >= 11 is 1.66. The number of nitrogens with zero attached hydrogens (tertiary/aromatic N) is 1. The standard InChI is InChI=1S/C18H25NOS/c1-3-8-15(9-4-2)17(20)12-18-19-16(13-21-18)14-10-6-5-7-11-14/h5-7,10-11,13,15,17,20H,3-4,8-9,12H2,1-2H3. The number of aliphatic hydroxyl groups excluding tert-OH is 1. The van der Waals surface area contributed by atoms with Crippen molar-refractivity contribution in [3.63, 3.8) is 0 Å². The second-order valence-corrected chi connectivity index (χ2v) is 6.54. The van der Waals surface area contributed by atoms with Crippen molar-refractivity contribution in [2.24, 2.45) is 5.92 Å². The molecule has 2 aromatic rings. The first-order chi connectivity index (χ1) is 10.2. The Hall–Kier alpha value is -1.19. The molecule has 3 heteroatoms. The van der Waals surface area contributed by atoms with E-state index in [1.54, 1.807) is 11.3 Å². The molecule has 0 amide bonds. The van der Waals surface area contributed by atoms with Gasteiger partial charge in [0.15, 0.2) is 0 Å². The van der Waals surface area contributed by atoms with Crippen LogP contribution in [0.15, 0.2) is 35.7 Å². The molecule has 0 spiro atoms. The molecule has 0 saturated heterocycles. The maximum atomic E-state index is 10.5. The first-order valence-electron chi connectivity index (χ1n) is 7.92. The van der Waals surface area contributed by atoms with Gasteiger partial charge in [0.05, 0.1) is 16.8 Å². The van der Waals surface area contributed by atoms with Crippen molar-refractivity contribution in [2.45, 2.75) is 52.1 Å². The smallest absolute Gasteiger partial charge is 0.0958 e. The molecule has 0 fully saturated rings. The highest BCUT2D eigenvalue weighted by molar-refractivity contribution is 7.09. The molecule has 1 aromatic heterocycles. The van der Waals surface area contributed by atoms with E-state index in [9.17, 15) is 5.11 Å². The highest BCUT2D eigenvalue weighted by Gasteiger charge is 2.19. The summed E-state index contributed by atoms with van der Waals surface area (Å²) in [6.45, 7) is 4.37. The largest absolute Gasteiger partial charge is 0.392 e. The first kappa shape index (κ1) is 16.2. The van der Waals surface area contributed by atoms with Crippen molar-refractivity contribution in [1.29, 1.82) is 0 Å². The monoisotopic (exact) mass is 303 g/mol. The molecule has 2 rings (SSSR count). The molecule has 114 valence electrons. The average Bonchev–Trinajstić information content (AvgIpc) is 2.96. The lowest BCUT2D eigenvalue weighted by Crippen LogP contribution is -2.22. The zero-order valence-electron chi connectivity index (χ0n) is 13.0. The van der Waals surface area contributed by atoms with E-state index in [4.69, 9.17) is 0 Å². The third-order valence-corrected chi connectivity index (χ3v) is 4.74. The van der Waals surface area contributed by atoms with Crippen molar-refractivity contribution in [3.8, 4) is 11.3 Å². The number of thiazole rings is 1. The van der Waals surface area contributed by atoms with Crippen molar-refractivity contribution in [2.75, 3.05) is 0 Å². The quantitative estimate of drug-likeness (QED) is 0.750. The van der Waals surface area contributed by atoms with Gasteiger partial charge in [-0.05, 0) is 18.8 Å². The van der Waals surface area contributed by atoms with Crippen LogP contribution >= 0.6 is 11.3 Å². The molecule has 0 aliphatic heterocycles. The average molecular weight is 303 g/mol. The Kier molecular flexibility index (Phi) is 6.40. The van der Waals surface area contributed by atoms with Crippen LogP contribution in [0, 0.1) is 5.92 Å². The van der Waals surface area contributed by atoms with Crippen LogP contribution in [0.5, 0.6) is 0 Å². The van der Waals surface area contributed by atoms with E-state index in [0.29, 0.717) is 12.3 Å². The van der Waals surface area contributed by atoms with E-state index in [0.717, 1.165) is 41.9 Å². The van der Waals surface area contributed by atoms with Crippen LogP contribution in [-0.4, -0.2) is 16.2 Å². The van der Waals surface area contributed by atoms with Gasteiger partial charge in [-0.15, -0.1) is 11.3 Å². The van der Waals surface area contributed by atoms with E-state index >= 15 is 0 Å². The summed E-state index contributed by atoms with van der Waals surface area (Å²) in [6, 6.07) is 10.2. The summed E-state index contributed by atoms with van der Waals surface area (Å²) in [5.74, 6) is 0.407. The summed E-state index contributed by atoms with van der Waals surface area (Å²) in [5.41, 5.74) is 2.17. The SMILES string of the molecule is CCCC(CCC)C(O)Cc1nc(-c2ccccc2)cs1. The number of benzene rings is 1. The predicted octanol–water partition coefficient (Wildman–Crippen LogP) is 4.93. The second-order valence-electron chi connectivity index (χ2n) is 5.60. The van der Waals surface area contributed by atoms with Crippen LogP contribution in [0.1, 0.15) is 44.5 Å². The van der Waals surface area contributed by atoms with Crippen LogP contribution in [0.25, 0.3) is 11.3 Å². The number of aliphatic hydroxyl groups is 1. The molecule has 2 nitrogen and oxygen atoms in total. The van der Waals surface area contributed by atoms with E-state index < -0.39 is 0 Å². The van der Waals surface area contributed by atoms with Crippen molar-refractivity contribution < 1.29 is 5.11 Å². The predicted molar refractivity (Wildman–Crippen MR) is 90.6 cm³/mol. The van der Waals surface area contributed by atoms with Gasteiger partial charge in [0.2, 0.25) is 0 Å². The minimum atomic E-state index is -0.264. The summed E-state index contributed by atoms with van der Waals surface area (Å²) < 4.78 is 0. The van der Waals surface area contributed by atoms with Crippen LogP contribution in [-0.2, 0) is 6.42 Å². The number of rotatable bonds is 8. The Morgan fingerprint density at radius 1 is 1.10 bits per heavy atom. The Bertz CT molecular complexity index is 517. The zero-order valence-corrected chi connectivity index (χ0v) is 13.8. The summed E-state index contributed by atoms with van der Waals surface area (Å²) in [4.78, 5) is 4.68. The van der Waals surface area contributed by atoms with Gasteiger partial charge in [0.25, 0.3) is 0 Å². The lowest BCUT2D eigenvalue weighted by Gasteiger charge is -2.21. The fourth-order valence-corrected chi connectivity index (χ4v) is 3.62.